The smallest absolute Gasteiger partial charge is 0.270 e. The lowest BCUT2D eigenvalue weighted by molar-refractivity contribution is -0.384. The Bertz CT molecular complexity index is 751. The molecule has 3 rings (SSSR count). The van der Waals surface area contributed by atoms with Crippen LogP contribution < -0.4 is 0 Å². The number of nitro groups is 1. The molecule has 0 radical (unpaired) electrons. The lowest BCUT2D eigenvalue weighted by atomic mass is 10.1. The van der Waals surface area contributed by atoms with Gasteiger partial charge in [-0.3, -0.25) is 14.9 Å². The molecule has 2 N–H and O–H groups in total. The number of carbonyl (C=O) groups excluding carboxylic acids is 1. The van der Waals surface area contributed by atoms with Crippen LogP contribution in [0.5, 0.6) is 0 Å². The predicted octanol–water partition coefficient (Wildman–Crippen LogP) is 1.85. The molecule has 0 spiro atoms. The molecule has 1 heterocycles. The average molecular weight is 317 g/mol. The first-order valence-corrected chi connectivity index (χ1v) is 7.62. The van der Waals surface area contributed by atoms with Gasteiger partial charge in [0.25, 0.3) is 5.69 Å². The van der Waals surface area contributed by atoms with Crippen LogP contribution in [0.3, 0.4) is 0 Å². The fraction of sp³-hybridized carbons (Fsp3) is 0.438. The highest BCUT2D eigenvalue weighted by molar-refractivity contribution is 5.90. The van der Waals surface area contributed by atoms with Gasteiger partial charge in [-0.1, -0.05) is 0 Å². The summed E-state index contributed by atoms with van der Waals surface area (Å²) in [6, 6.07) is 4.55. The summed E-state index contributed by atoms with van der Waals surface area (Å²) in [7, 11) is 1.67. The number of carbonyl (C=O) groups is 1. The van der Waals surface area contributed by atoms with Gasteiger partial charge in [-0.15, -0.1) is 0 Å². The molecule has 1 fully saturated rings. The number of amides is 1. The van der Waals surface area contributed by atoms with Gasteiger partial charge < -0.3 is 15.0 Å². The number of nitro benzene ring substituents is 1. The summed E-state index contributed by atoms with van der Waals surface area (Å²) < 4.78 is 0. The molecule has 1 aliphatic rings. The number of aliphatic hydroxyl groups excluding tert-OH is 1. The number of non-ortho nitro benzene ring substituents is 1. The van der Waals surface area contributed by atoms with E-state index in [2.05, 4.69) is 4.98 Å². The molecule has 122 valence electrons. The fourth-order valence-electron chi connectivity index (χ4n) is 2.74. The first-order chi connectivity index (χ1) is 11.0. The number of fused-ring (bicyclic) bond motifs is 1. The van der Waals surface area contributed by atoms with E-state index < -0.39 is 11.0 Å². The summed E-state index contributed by atoms with van der Waals surface area (Å²) >= 11 is 0. The monoisotopic (exact) mass is 317 g/mol. The lowest BCUT2D eigenvalue weighted by Crippen LogP contribution is -2.36. The van der Waals surface area contributed by atoms with Crippen LogP contribution in [0.15, 0.2) is 24.4 Å². The number of aromatic amines is 1. The quantitative estimate of drug-likeness (QED) is 0.627. The second kappa shape index (κ2) is 6.00. The molecule has 1 atom stereocenters. The summed E-state index contributed by atoms with van der Waals surface area (Å²) in [5, 5.41) is 21.5. The molecular formula is C16H19N3O4. The van der Waals surface area contributed by atoms with Gasteiger partial charge in [-0.05, 0) is 30.4 Å². The van der Waals surface area contributed by atoms with Crippen LogP contribution >= 0.6 is 0 Å². The lowest BCUT2D eigenvalue weighted by Gasteiger charge is -2.20. The van der Waals surface area contributed by atoms with Crippen LogP contribution in [-0.2, 0) is 11.2 Å². The largest absolute Gasteiger partial charge is 0.391 e. The third kappa shape index (κ3) is 3.34. The first kappa shape index (κ1) is 15.5. The van der Waals surface area contributed by atoms with Crippen molar-refractivity contribution in [3.8, 4) is 0 Å². The van der Waals surface area contributed by atoms with Crippen LogP contribution in [0, 0.1) is 16.0 Å². The molecule has 1 unspecified atom stereocenters. The number of nitrogens with zero attached hydrogens (tertiary/aromatic N) is 2. The Morgan fingerprint density at radius 1 is 1.52 bits per heavy atom. The normalized spacial score (nSPS) is 15.6. The van der Waals surface area contributed by atoms with E-state index in [4.69, 9.17) is 0 Å². The number of benzene rings is 1. The number of aromatic nitrogens is 1. The maximum Gasteiger partial charge on any atom is 0.270 e. The highest BCUT2D eigenvalue weighted by Gasteiger charge is 2.31. The second-order valence-corrected chi connectivity index (χ2v) is 6.16. The van der Waals surface area contributed by atoms with E-state index in [9.17, 15) is 20.0 Å². The Hall–Kier alpha value is -2.41. The molecule has 7 heteroatoms. The molecule has 23 heavy (non-hydrogen) atoms. The van der Waals surface area contributed by atoms with Gasteiger partial charge >= 0.3 is 0 Å². The van der Waals surface area contributed by atoms with Gasteiger partial charge in [0.05, 0.1) is 17.4 Å². The minimum atomic E-state index is -0.465. The van der Waals surface area contributed by atoms with Crippen LogP contribution in [0.4, 0.5) is 5.69 Å². The standard InChI is InChI=1S/C16H19N3O4/c1-18(9-15(20)10-2-3-10)16(21)6-11-8-17-14-5-4-12(19(22)23)7-13(11)14/h4-5,7-8,10,15,17,20H,2-3,6,9H2,1H3. The van der Waals surface area contributed by atoms with E-state index in [0.717, 1.165) is 23.9 Å². The van der Waals surface area contributed by atoms with Crippen molar-refractivity contribution >= 4 is 22.5 Å². The molecule has 0 aliphatic heterocycles. The van der Waals surface area contributed by atoms with E-state index in [1.165, 1.54) is 17.0 Å². The number of likely N-dealkylation sites (N-methyl/N-ethyl adjacent to an activating group) is 1. The number of nitrogens with one attached hydrogen (secondary N) is 1. The molecule has 1 aromatic heterocycles. The maximum absolute atomic E-state index is 12.3. The third-order valence-corrected chi connectivity index (χ3v) is 4.36. The number of rotatable bonds is 6. The summed E-state index contributed by atoms with van der Waals surface area (Å²) in [5.74, 6) is 0.207. The predicted molar refractivity (Wildman–Crippen MR) is 85.0 cm³/mol. The topological polar surface area (TPSA) is 99.5 Å². The van der Waals surface area contributed by atoms with Crippen molar-refractivity contribution in [2.75, 3.05) is 13.6 Å². The number of aliphatic hydroxyl groups is 1. The van der Waals surface area contributed by atoms with Crippen molar-refractivity contribution in [3.05, 3.63) is 40.1 Å². The first-order valence-electron chi connectivity index (χ1n) is 7.62. The third-order valence-electron chi connectivity index (χ3n) is 4.36. The highest BCUT2D eigenvalue weighted by atomic mass is 16.6. The molecule has 0 bridgehead atoms. The van der Waals surface area contributed by atoms with Crippen LogP contribution in [0.2, 0.25) is 0 Å². The minimum absolute atomic E-state index is 0.00306. The molecular weight excluding hydrogens is 298 g/mol. The van der Waals surface area contributed by atoms with Gasteiger partial charge in [0.2, 0.25) is 5.91 Å². The zero-order valence-corrected chi connectivity index (χ0v) is 12.9. The zero-order chi connectivity index (χ0) is 16.6. The summed E-state index contributed by atoms with van der Waals surface area (Å²) in [5.41, 5.74) is 1.49. The molecule has 0 saturated heterocycles. The van der Waals surface area contributed by atoms with Crippen molar-refractivity contribution < 1.29 is 14.8 Å². The number of hydrogen-bond donors (Lipinski definition) is 2. The molecule has 7 nitrogen and oxygen atoms in total. The Morgan fingerprint density at radius 3 is 2.91 bits per heavy atom. The van der Waals surface area contributed by atoms with E-state index in [0.29, 0.717) is 17.8 Å². The van der Waals surface area contributed by atoms with Gasteiger partial charge in [0.1, 0.15) is 0 Å². The van der Waals surface area contributed by atoms with E-state index in [1.54, 1.807) is 19.3 Å². The van der Waals surface area contributed by atoms with Gasteiger partial charge in [-0.25, -0.2) is 0 Å². The van der Waals surface area contributed by atoms with E-state index >= 15 is 0 Å². The van der Waals surface area contributed by atoms with Crippen LogP contribution in [0.25, 0.3) is 10.9 Å². The minimum Gasteiger partial charge on any atom is -0.391 e. The highest BCUT2D eigenvalue weighted by Crippen LogP contribution is 2.32. The molecule has 1 amide bonds. The Balaban J connectivity index is 1.73. The molecule has 2 aromatic rings. The van der Waals surface area contributed by atoms with E-state index in [-0.39, 0.29) is 18.0 Å². The summed E-state index contributed by atoms with van der Waals surface area (Å²) in [6.45, 7) is 0.325. The zero-order valence-electron chi connectivity index (χ0n) is 12.9. The fourth-order valence-corrected chi connectivity index (χ4v) is 2.74. The van der Waals surface area contributed by atoms with E-state index in [1.807, 2.05) is 0 Å². The van der Waals surface area contributed by atoms with Gasteiger partial charge in [-0.2, -0.15) is 0 Å². The number of hydrogen-bond acceptors (Lipinski definition) is 4. The SMILES string of the molecule is CN(CC(O)C1CC1)C(=O)Cc1c[nH]c2ccc([N+](=O)[O-])cc12. The van der Waals surface area contributed by atoms with Crippen molar-refractivity contribution in [1.82, 2.24) is 9.88 Å². The summed E-state index contributed by atoms with van der Waals surface area (Å²) in [4.78, 5) is 27.3. The van der Waals surface area contributed by atoms with Gasteiger partial charge in [0, 0.05) is 42.8 Å². The van der Waals surface area contributed by atoms with Crippen LogP contribution in [-0.4, -0.2) is 45.5 Å². The van der Waals surface area contributed by atoms with Crippen molar-refractivity contribution in [2.45, 2.75) is 25.4 Å². The molecule has 1 saturated carbocycles. The van der Waals surface area contributed by atoms with Crippen molar-refractivity contribution in [3.63, 3.8) is 0 Å². The molecule has 1 aliphatic carbocycles. The van der Waals surface area contributed by atoms with Crippen molar-refractivity contribution in [1.29, 1.82) is 0 Å². The number of H-pyrrole nitrogens is 1. The second-order valence-electron chi connectivity index (χ2n) is 6.16. The van der Waals surface area contributed by atoms with Crippen molar-refractivity contribution in [2.24, 2.45) is 5.92 Å². The Kier molecular flexibility index (Phi) is 4.04. The average Bonchev–Trinajstić information content (AvgIpc) is 3.30. The Labute approximate surface area is 133 Å². The summed E-state index contributed by atoms with van der Waals surface area (Å²) in [6.07, 6.45) is 3.44. The maximum atomic E-state index is 12.3. The van der Waals surface area contributed by atoms with Gasteiger partial charge in [0.15, 0.2) is 0 Å². The van der Waals surface area contributed by atoms with Crippen LogP contribution in [0.1, 0.15) is 18.4 Å². The molecule has 1 aromatic carbocycles. The Morgan fingerprint density at radius 2 is 2.26 bits per heavy atom.